The van der Waals surface area contributed by atoms with Crippen molar-refractivity contribution in [3.05, 3.63) is 29.8 Å². The molecule has 19 heavy (non-hydrogen) atoms. The molecule has 0 unspecified atom stereocenters. The molecule has 0 amide bonds. The smallest absolute Gasteiger partial charge is 0.123 e. The fourth-order valence-electron chi connectivity index (χ4n) is 3.59. The monoisotopic (exact) mass is 260 g/mol. The molecular formula is C16H24N2O. The molecule has 104 valence electrons. The molecule has 1 fully saturated rings. The minimum atomic E-state index is 0.207. The van der Waals surface area contributed by atoms with E-state index in [4.69, 9.17) is 10.5 Å². The maximum absolute atomic E-state index is 6.16. The molecule has 0 bridgehead atoms. The van der Waals surface area contributed by atoms with Gasteiger partial charge in [0.15, 0.2) is 0 Å². The third-order valence-electron chi connectivity index (χ3n) is 4.79. The van der Waals surface area contributed by atoms with Gasteiger partial charge in [-0.3, -0.25) is 4.90 Å². The molecule has 3 nitrogen and oxygen atoms in total. The molecule has 3 rings (SSSR count). The van der Waals surface area contributed by atoms with Gasteiger partial charge in [-0.2, -0.15) is 0 Å². The van der Waals surface area contributed by atoms with Gasteiger partial charge in [-0.1, -0.05) is 37.5 Å². The molecule has 1 heterocycles. The highest BCUT2D eigenvalue weighted by molar-refractivity contribution is 5.34. The van der Waals surface area contributed by atoms with Crippen LogP contribution in [-0.4, -0.2) is 30.1 Å². The molecule has 2 N–H and O–H groups in total. The van der Waals surface area contributed by atoms with Gasteiger partial charge in [-0.25, -0.2) is 0 Å². The predicted molar refractivity (Wildman–Crippen MR) is 77.2 cm³/mol. The molecule has 0 aromatic heterocycles. The molecule has 1 aliphatic heterocycles. The summed E-state index contributed by atoms with van der Waals surface area (Å²) in [5.74, 6) is 1.05. The van der Waals surface area contributed by atoms with Crippen molar-refractivity contribution < 1.29 is 4.74 Å². The number of nitrogens with two attached hydrogens (primary N) is 1. The summed E-state index contributed by atoms with van der Waals surface area (Å²) < 4.78 is 5.88. The van der Waals surface area contributed by atoms with Gasteiger partial charge in [0.05, 0.1) is 0 Å². The Bertz CT molecular complexity index is 427. The first-order valence-electron chi connectivity index (χ1n) is 7.50. The van der Waals surface area contributed by atoms with Gasteiger partial charge < -0.3 is 10.5 Å². The zero-order valence-electron chi connectivity index (χ0n) is 11.6. The Morgan fingerprint density at radius 2 is 1.95 bits per heavy atom. The number of ether oxygens (including phenoxy) is 1. The molecule has 1 aliphatic carbocycles. The van der Waals surface area contributed by atoms with E-state index in [1.165, 1.54) is 37.7 Å². The molecule has 1 aromatic carbocycles. The number of nitrogens with zero attached hydrogens (tertiary/aromatic N) is 1. The van der Waals surface area contributed by atoms with Crippen LogP contribution in [0.25, 0.3) is 0 Å². The van der Waals surface area contributed by atoms with E-state index >= 15 is 0 Å². The van der Waals surface area contributed by atoms with Crippen molar-refractivity contribution >= 4 is 0 Å². The second-order valence-electron chi connectivity index (χ2n) is 5.87. The number of para-hydroxylation sites is 1. The minimum Gasteiger partial charge on any atom is -0.492 e. The highest BCUT2D eigenvalue weighted by Gasteiger charge is 2.37. The Balaban J connectivity index is 1.84. The van der Waals surface area contributed by atoms with Crippen molar-refractivity contribution in [3.8, 4) is 5.75 Å². The second-order valence-corrected chi connectivity index (χ2v) is 5.87. The van der Waals surface area contributed by atoms with Gasteiger partial charge in [-0.05, 0) is 18.9 Å². The lowest BCUT2D eigenvalue weighted by atomic mass is 9.80. The van der Waals surface area contributed by atoms with Crippen LogP contribution < -0.4 is 10.5 Å². The van der Waals surface area contributed by atoms with E-state index in [0.717, 1.165) is 32.0 Å². The van der Waals surface area contributed by atoms with Crippen molar-refractivity contribution in [1.82, 2.24) is 4.90 Å². The summed E-state index contributed by atoms with van der Waals surface area (Å²) in [5, 5.41) is 0. The Morgan fingerprint density at radius 3 is 2.74 bits per heavy atom. The van der Waals surface area contributed by atoms with E-state index in [1.54, 1.807) is 0 Å². The van der Waals surface area contributed by atoms with Crippen LogP contribution >= 0.6 is 0 Å². The van der Waals surface area contributed by atoms with Crippen LogP contribution in [-0.2, 0) is 6.54 Å². The van der Waals surface area contributed by atoms with Gasteiger partial charge in [0, 0.05) is 30.7 Å². The van der Waals surface area contributed by atoms with E-state index in [9.17, 15) is 0 Å². The van der Waals surface area contributed by atoms with Crippen LogP contribution in [0.15, 0.2) is 24.3 Å². The Labute approximate surface area is 115 Å². The van der Waals surface area contributed by atoms with Crippen molar-refractivity contribution in [2.24, 2.45) is 5.73 Å². The zero-order chi connectivity index (χ0) is 13.1. The van der Waals surface area contributed by atoms with Crippen LogP contribution in [0.4, 0.5) is 0 Å². The zero-order valence-corrected chi connectivity index (χ0v) is 11.6. The van der Waals surface area contributed by atoms with Crippen molar-refractivity contribution in [1.29, 1.82) is 0 Å². The van der Waals surface area contributed by atoms with Crippen LogP contribution in [0, 0.1) is 0 Å². The number of benzene rings is 1. The standard InChI is InChI=1S/C16H24N2O/c17-13-16(8-4-1-5-9-16)18-10-11-19-15-7-3-2-6-14(15)12-18/h2-3,6-7H,1,4-5,8-13,17H2. The maximum Gasteiger partial charge on any atom is 0.123 e. The van der Waals surface area contributed by atoms with Crippen LogP contribution in [0.1, 0.15) is 37.7 Å². The van der Waals surface area contributed by atoms with Crippen LogP contribution in [0.5, 0.6) is 5.75 Å². The number of rotatable bonds is 2. The fourth-order valence-corrected chi connectivity index (χ4v) is 3.59. The first-order valence-corrected chi connectivity index (χ1v) is 7.50. The average molecular weight is 260 g/mol. The first kappa shape index (κ1) is 12.9. The van der Waals surface area contributed by atoms with Gasteiger partial charge in [0.2, 0.25) is 0 Å². The number of fused-ring (bicyclic) bond motifs is 1. The summed E-state index contributed by atoms with van der Waals surface area (Å²) in [4.78, 5) is 2.58. The first-order chi connectivity index (χ1) is 9.34. The lowest BCUT2D eigenvalue weighted by Gasteiger charge is -2.45. The predicted octanol–water partition coefficient (Wildman–Crippen LogP) is 2.54. The molecule has 0 saturated heterocycles. The molecule has 1 saturated carbocycles. The second kappa shape index (κ2) is 5.51. The van der Waals surface area contributed by atoms with E-state index in [0.29, 0.717) is 0 Å². The lowest BCUT2D eigenvalue weighted by molar-refractivity contribution is 0.0452. The molecule has 3 heteroatoms. The maximum atomic E-state index is 6.16. The van der Waals surface area contributed by atoms with Crippen molar-refractivity contribution in [2.75, 3.05) is 19.7 Å². The molecule has 1 aromatic rings. The summed E-state index contributed by atoms with van der Waals surface area (Å²) >= 11 is 0. The molecule has 2 aliphatic rings. The van der Waals surface area contributed by atoms with Gasteiger partial charge in [0.1, 0.15) is 12.4 Å². The molecule has 0 spiro atoms. The summed E-state index contributed by atoms with van der Waals surface area (Å²) in [6, 6.07) is 8.41. The Morgan fingerprint density at radius 1 is 1.16 bits per heavy atom. The SMILES string of the molecule is NCC1(N2CCOc3ccccc3C2)CCCCC1. The van der Waals surface area contributed by atoms with Crippen LogP contribution in [0.2, 0.25) is 0 Å². The summed E-state index contributed by atoms with van der Waals surface area (Å²) in [6.07, 6.45) is 6.48. The quantitative estimate of drug-likeness (QED) is 0.888. The lowest BCUT2D eigenvalue weighted by Crippen LogP contribution is -2.55. The number of hydrogen-bond acceptors (Lipinski definition) is 3. The topological polar surface area (TPSA) is 38.5 Å². The molecule has 0 radical (unpaired) electrons. The highest BCUT2D eigenvalue weighted by Crippen LogP contribution is 2.35. The van der Waals surface area contributed by atoms with Crippen molar-refractivity contribution in [3.63, 3.8) is 0 Å². The summed E-state index contributed by atoms with van der Waals surface area (Å²) in [6.45, 7) is 3.52. The van der Waals surface area contributed by atoms with E-state index in [-0.39, 0.29) is 5.54 Å². The largest absolute Gasteiger partial charge is 0.492 e. The van der Waals surface area contributed by atoms with Crippen LogP contribution in [0.3, 0.4) is 0 Å². The number of hydrogen-bond donors (Lipinski definition) is 1. The summed E-state index contributed by atoms with van der Waals surface area (Å²) in [5.41, 5.74) is 7.67. The highest BCUT2D eigenvalue weighted by atomic mass is 16.5. The Kier molecular flexibility index (Phi) is 3.76. The third kappa shape index (κ3) is 2.49. The van der Waals surface area contributed by atoms with E-state index < -0.39 is 0 Å². The van der Waals surface area contributed by atoms with E-state index in [1.807, 2.05) is 6.07 Å². The normalized spacial score (nSPS) is 23.2. The Hall–Kier alpha value is -1.06. The van der Waals surface area contributed by atoms with Gasteiger partial charge in [0.25, 0.3) is 0 Å². The van der Waals surface area contributed by atoms with Gasteiger partial charge in [-0.15, -0.1) is 0 Å². The van der Waals surface area contributed by atoms with Crippen molar-refractivity contribution in [2.45, 2.75) is 44.2 Å². The molecule has 0 atom stereocenters. The van der Waals surface area contributed by atoms with Gasteiger partial charge >= 0.3 is 0 Å². The fraction of sp³-hybridized carbons (Fsp3) is 0.625. The average Bonchev–Trinajstić information content (AvgIpc) is 2.70. The third-order valence-corrected chi connectivity index (χ3v) is 4.79. The minimum absolute atomic E-state index is 0.207. The molecular weight excluding hydrogens is 236 g/mol. The van der Waals surface area contributed by atoms with E-state index in [2.05, 4.69) is 23.1 Å². The summed E-state index contributed by atoms with van der Waals surface area (Å²) in [7, 11) is 0.